The molecule has 7 nitrogen and oxygen atoms in total. The Kier molecular flexibility index (Phi) is 7.10. The van der Waals surface area contributed by atoms with Gasteiger partial charge in [0.1, 0.15) is 11.5 Å². The molecule has 27 heavy (non-hydrogen) atoms. The van der Waals surface area contributed by atoms with E-state index in [0.29, 0.717) is 26.1 Å². The molecule has 0 spiro atoms. The molecule has 2 amide bonds. The maximum Gasteiger partial charge on any atom is 0.230 e. The number of carbonyl (C=O) groups is 2. The lowest BCUT2D eigenvalue weighted by molar-refractivity contribution is -0.146. The van der Waals surface area contributed by atoms with Crippen molar-refractivity contribution in [3.05, 3.63) is 48.3 Å². The smallest absolute Gasteiger partial charge is 0.230 e. The molecule has 0 aromatic carbocycles. The molecule has 1 atom stereocenters. The van der Waals surface area contributed by atoms with Crippen LogP contribution < -0.4 is 5.32 Å². The Balaban J connectivity index is 0.00000261. The first kappa shape index (κ1) is 21.1. The number of hydrogen-bond acceptors (Lipinski definition) is 5. The van der Waals surface area contributed by atoms with Gasteiger partial charge in [-0.25, -0.2) is 0 Å². The van der Waals surface area contributed by atoms with Crippen LogP contribution in [0.5, 0.6) is 0 Å². The van der Waals surface area contributed by atoms with Gasteiger partial charge in [0.25, 0.3) is 0 Å². The zero-order chi connectivity index (χ0) is 18.6. The predicted molar refractivity (Wildman–Crippen MR) is 102 cm³/mol. The van der Waals surface area contributed by atoms with Gasteiger partial charge in [-0.3, -0.25) is 9.59 Å². The van der Waals surface area contributed by atoms with Crippen LogP contribution >= 0.6 is 12.4 Å². The van der Waals surface area contributed by atoms with E-state index in [1.165, 1.54) is 0 Å². The second-order valence-electron chi connectivity index (χ2n) is 6.95. The fraction of sp³-hybridized carbons (Fsp3) is 0.474. The normalized spacial score (nSPS) is 18.7. The molecule has 2 aromatic heterocycles. The Morgan fingerprint density at radius 3 is 2.15 bits per heavy atom. The fourth-order valence-electron chi connectivity index (χ4n) is 3.41. The second kappa shape index (κ2) is 9.10. The van der Waals surface area contributed by atoms with Crippen LogP contribution in [0.15, 0.2) is 45.6 Å². The summed E-state index contributed by atoms with van der Waals surface area (Å²) in [5.74, 6) is 1.35. The van der Waals surface area contributed by atoms with Crippen molar-refractivity contribution < 1.29 is 18.4 Å². The van der Waals surface area contributed by atoms with E-state index in [1.807, 2.05) is 12.1 Å². The summed E-state index contributed by atoms with van der Waals surface area (Å²) in [6, 6.07) is 7.27. The molecule has 0 aliphatic carbocycles. The van der Waals surface area contributed by atoms with Gasteiger partial charge in [0.2, 0.25) is 11.8 Å². The van der Waals surface area contributed by atoms with Crippen molar-refractivity contribution in [1.82, 2.24) is 15.1 Å². The highest BCUT2D eigenvalue weighted by molar-refractivity contribution is 5.89. The maximum atomic E-state index is 13.1. The van der Waals surface area contributed by atoms with Gasteiger partial charge in [-0.05, 0) is 37.2 Å². The van der Waals surface area contributed by atoms with Crippen LogP contribution in [-0.4, -0.2) is 48.8 Å². The third-order valence-electron chi connectivity index (χ3n) is 4.91. The highest BCUT2D eigenvalue weighted by atomic mass is 35.5. The topological polar surface area (TPSA) is 78.9 Å². The molecule has 1 aliphatic heterocycles. The maximum absolute atomic E-state index is 13.1. The molecule has 0 saturated carbocycles. The van der Waals surface area contributed by atoms with Crippen LogP contribution in [0.1, 0.15) is 24.4 Å². The Bertz CT molecular complexity index is 724. The van der Waals surface area contributed by atoms with Gasteiger partial charge < -0.3 is 24.0 Å². The van der Waals surface area contributed by atoms with E-state index in [4.69, 9.17) is 8.83 Å². The zero-order valence-electron chi connectivity index (χ0n) is 15.6. The molecule has 1 N–H and O–H groups in total. The average Bonchev–Trinajstić information content (AvgIpc) is 3.37. The lowest BCUT2D eigenvalue weighted by Crippen LogP contribution is -2.46. The molecule has 1 aliphatic rings. The molecule has 1 saturated heterocycles. The first-order chi connectivity index (χ1) is 12.5. The van der Waals surface area contributed by atoms with Crippen LogP contribution in [0, 0.1) is 5.41 Å². The zero-order valence-corrected chi connectivity index (χ0v) is 16.5. The lowest BCUT2D eigenvalue weighted by Gasteiger charge is -2.32. The summed E-state index contributed by atoms with van der Waals surface area (Å²) >= 11 is 0. The Labute approximate surface area is 165 Å². The number of rotatable bonds is 7. The van der Waals surface area contributed by atoms with E-state index >= 15 is 0 Å². The largest absolute Gasteiger partial charge is 0.467 e. The molecular formula is C19H26ClN3O4. The molecule has 0 bridgehead atoms. The summed E-state index contributed by atoms with van der Waals surface area (Å²) in [6.45, 7) is 2.03. The van der Waals surface area contributed by atoms with Crippen molar-refractivity contribution in [2.24, 2.45) is 5.41 Å². The van der Waals surface area contributed by atoms with Crippen molar-refractivity contribution in [2.75, 3.05) is 27.2 Å². The van der Waals surface area contributed by atoms with Gasteiger partial charge in [0, 0.05) is 27.1 Å². The monoisotopic (exact) mass is 395 g/mol. The minimum Gasteiger partial charge on any atom is -0.467 e. The van der Waals surface area contributed by atoms with E-state index in [-0.39, 0.29) is 30.6 Å². The van der Waals surface area contributed by atoms with Crippen molar-refractivity contribution >= 4 is 24.2 Å². The Morgan fingerprint density at radius 1 is 1.07 bits per heavy atom. The predicted octanol–water partition coefficient (Wildman–Crippen LogP) is 2.28. The number of amides is 2. The third kappa shape index (κ3) is 4.93. The molecule has 1 fully saturated rings. The van der Waals surface area contributed by atoms with Crippen molar-refractivity contribution in [2.45, 2.75) is 25.9 Å². The van der Waals surface area contributed by atoms with Crippen molar-refractivity contribution in [3.63, 3.8) is 0 Å². The van der Waals surface area contributed by atoms with Crippen LogP contribution in [0.4, 0.5) is 0 Å². The van der Waals surface area contributed by atoms with Gasteiger partial charge in [-0.2, -0.15) is 0 Å². The number of furan rings is 2. The van der Waals surface area contributed by atoms with Gasteiger partial charge in [0.15, 0.2) is 0 Å². The van der Waals surface area contributed by atoms with E-state index < -0.39 is 5.41 Å². The van der Waals surface area contributed by atoms with Crippen LogP contribution in [0.25, 0.3) is 0 Å². The van der Waals surface area contributed by atoms with E-state index in [9.17, 15) is 9.59 Å². The molecule has 3 rings (SSSR count). The number of nitrogens with zero attached hydrogens (tertiary/aromatic N) is 2. The summed E-state index contributed by atoms with van der Waals surface area (Å²) < 4.78 is 10.6. The molecule has 3 heterocycles. The van der Waals surface area contributed by atoms with Crippen LogP contribution in [0.3, 0.4) is 0 Å². The average molecular weight is 396 g/mol. The molecular weight excluding hydrogens is 370 g/mol. The van der Waals surface area contributed by atoms with E-state index in [2.05, 4.69) is 5.32 Å². The second-order valence-corrected chi connectivity index (χ2v) is 6.95. The van der Waals surface area contributed by atoms with Crippen molar-refractivity contribution in [1.29, 1.82) is 0 Å². The van der Waals surface area contributed by atoms with Gasteiger partial charge in [0.05, 0.1) is 31.0 Å². The molecule has 0 radical (unpaired) electrons. The quantitative estimate of drug-likeness (QED) is 0.778. The van der Waals surface area contributed by atoms with Gasteiger partial charge in [-0.15, -0.1) is 12.4 Å². The summed E-state index contributed by atoms with van der Waals surface area (Å²) in [5, 5.41) is 3.24. The molecule has 8 heteroatoms. The van der Waals surface area contributed by atoms with E-state index in [0.717, 1.165) is 18.1 Å². The highest BCUT2D eigenvalue weighted by Crippen LogP contribution is 2.33. The lowest BCUT2D eigenvalue weighted by atomic mass is 9.81. The first-order valence-electron chi connectivity index (χ1n) is 8.75. The molecule has 148 valence electrons. The highest BCUT2D eigenvalue weighted by Gasteiger charge is 2.45. The van der Waals surface area contributed by atoms with Crippen LogP contribution in [0.2, 0.25) is 0 Å². The summed E-state index contributed by atoms with van der Waals surface area (Å²) in [5.41, 5.74) is -0.712. The van der Waals surface area contributed by atoms with Crippen LogP contribution in [-0.2, 0) is 22.7 Å². The molecule has 2 aromatic rings. The first-order valence-corrected chi connectivity index (χ1v) is 8.75. The summed E-state index contributed by atoms with van der Waals surface area (Å²) in [6.07, 6.45) is 4.00. The number of nitrogens with one attached hydrogen (secondary N) is 1. The summed E-state index contributed by atoms with van der Waals surface area (Å²) in [4.78, 5) is 29.1. The minimum atomic E-state index is -0.712. The number of carbonyl (C=O) groups excluding carboxylic acids is 2. The van der Waals surface area contributed by atoms with E-state index in [1.54, 1.807) is 48.6 Å². The SMILES string of the molecule is CN(Cc1ccco1)C(=O)CC1(C(=O)N(C)Cc2ccco2)CCNC1.Cl. The van der Waals surface area contributed by atoms with Gasteiger partial charge >= 0.3 is 0 Å². The van der Waals surface area contributed by atoms with Crippen molar-refractivity contribution in [3.8, 4) is 0 Å². The molecule has 1 unspecified atom stereocenters. The number of hydrogen-bond donors (Lipinski definition) is 1. The van der Waals surface area contributed by atoms with Gasteiger partial charge in [-0.1, -0.05) is 0 Å². The standard InChI is InChI=1S/C19H25N3O4.ClH/c1-21(12-15-5-3-9-25-15)17(23)11-19(7-8-20-14-19)18(24)22(2)13-16-6-4-10-26-16;/h3-6,9-10,20H,7-8,11-14H2,1-2H3;1H. The minimum absolute atomic E-state index is 0. The Hall–Kier alpha value is -2.25. The fourth-order valence-corrected chi connectivity index (χ4v) is 3.41. The third-order valence-corrected chi connectivity index (χ3v) is 4.91. The Morgan fingerprint density at radius 2 is 1.67 bits per heavy atom. The number of halogens is 1. The summed E-state index contributed by atoms with van der Waals surface area (Å²) in [7, 11) is 3.49.